The Hall–Kier alpha value is -2.44. The van der Waals surface area contributed by atoms with Crippen molar-refractivity contribution in [1.29, 1.82) is 0 Å². The minimum absolute atomic E-state index is 0.0691. The van der Waals surface area contributed by atoms with Crippen molar-refractivity contribution < 1.29 is 4.79 Å². The molecule has 7 heteroatoms. The number of amides is 1. The zero-order chi connectivity index (χ0) is 12.6. The second-order valence-corrected chi connectivity index (χ2v) is 3.63. The van der Waals surface area contributed by atoms with Crippen LogP contribution in [-0.2, 0) is 18.3 Å². The maximum Gasteiger partial charge on any atom is 0.329 e. The van der Waals surface area contributed by atoms with Gasteiger partial charge in [0.05, 0.1) is 11.8 Å². The topological polar surface area (TPSA) is 111 Å². The molecule has 0 spiro atoms. The summed E-state index contributed by atoms with van der Waals surface area (Å²) in [6, 6.07) is 1.53. The van der Waals surface area contributed by atoms with Crippen molar-refractivity contribution in [2.75, 3.05) is 0 Å². The van der Waals surface area contributed by atoms with E-state index < -0.39 is 17.2 Å². The summed E-state index contributed by atoms with van der Waals surface area (Å²) in [5.41, 5.74) is 4.67. The lowest BCUT2D eigenvalue weighted by molar-refractivity contribution is -0.117. The maximum atomic E-state index is 11.7. The molecule has 0 aliphatic heterocycles. The Kier molecular flexibility index (Phi) is 2.51. The first-order chi connectivity index (χ1) is 8.00. The molecule has 0 aliphatic rings. The predicted octanol–water partition coefficient (Wildman–Crippen LogP) is -1.35. The Bertz CT molecular complexity index is 714. The molecule has 2 aromatic rings. The minimum Gasteiger partial charge on any atom is -0.369 e. The van der Waals surface area contributed by atoms with E-state index in [2.05, 4.69) is 9.97 Å². The van der Waals surface area contributed by atoms with E-state index in [4.69, 9.17) is 5.73 Å². The number of aromatic amines is 1. The quantitative estimate of drug-likeness (QED) is 0.669. The number of aromatic nitrogens is 3. The molecule has 3 N–H and O–H groups in total. The van der Waals surface area contributed by atoms with Crippen molar-refractivity contribution in [1.82, 2.24) is 14.5 Å². The Morgan fingerprint density at radius 3 is 2.88 bits per heavy atom. The molecule has 0 saturated heterocycles. The molecule has 0 aliphatic carbocycles. The lowest BCUT2D eigenvalue weighted by Crippen LogP contribution is -2.30. The smallest absolute Gasteiger partial charge is 0.329 e. The zero-order valence-corrected chi connectivity index (χ0v) is 9.06. The first-order valence-corrected chi connectivity index (χ1v) is 4.86. The highest BCUT2D eigenvalue weighted by atomic mass is 16.2. The van der Waals surface area contributed by atoms with Crippen LogP contribution < -0.4 is 17.0 Å². The summed E-state index contributed by atoms with van der Waals surface area (Å²) in [5.74, 6) is -0.550. The molecule has 0 fully saturated rings. The molecule has 17 heavy (non-hydrogen) atoms. The van der Waals surface area contributed by atoms with Gasteiger partial charge in [-0.05, 0) is 11.6 Å². The molecule has 0 radical (unpaired) electrons. The second-order valence-electron chi connectivity index (χ2n) is 3.63. The van der Waals surface area contributed by atoms with E-state index in [1.807, 2.05) is 0 Å². The van der Waals surface area contributed by atoms with Gasteiger partial charge >= 0.3 is 5.69 Å². The number of H-pyrrole nitrogens is 1. The predicted molar refractivity (Wildman–Crippen MR) is 60.5 cm³/mol. The largest absolute Gasteiger partial charge is 0.369 e. The van der Waals surface area contributed by atoms with Crippen molar-refractivity contribution in [3.05, 3.63) is 38.7 Å². The summed E-state index contributed by atoms with van der Waals surface area (Å²) < 4.78 is 1.21. The maximum absolute atomic E-state index is 11.7. The van der Waals surface area contributed by atoms with Crippen LogP contribution in [0.2, 0.25) is 0 Å². The molecule has 0 bridgehead atoms. The summed E-state index contributed by atoms with van der Waals surface area (Å²) in [5, 5.41) is 0.216. The van der Waals surface area contributed by atoms with E-state index >= 15 is 0 Å². The lowest BCUT2D eigenvalue weighted by atomic mass is 10.1. The highest BCUT2D eigenvalue weighted by Gasteiger charge is 2.11. The third-order valence-corrected chi connectivity index (χ3v) is 2.45. The average molecular weight is 234 g/mol. The molecular weight excluding hydrogens is 224 g/mol. The van der Waals surface area contributed by atoms with Crippen LogP contribution in [0, 0.1) is 0 Å². The zero-order valence-electron chi connectivity index (χ0n) is 9.06. The number of nitrogens with zero attached hydrogens (tertiary/aromatic N) is 2. The van der Waals surface area contributed by atoms with Crippen molar-refractivity contribution in [3.8, 4) is 0 Å². The van der Waals surface area contributed by atoms with Gasteiger partial charge in [-0.25, -0.2) is 9.78 Å². The van der Waals surface area contributed by atoms with Gasteiger partial charge in [0.15, 0.2) is 0 Å². The molecule has 2 rings (SSSR count). The van der Waals surface area contributed by atoms with E-state index in [1.165, 1.54) is 23.9 Å². The van der Waals surface area contributed by atoms with Crippen LogP contribution in [0.3, 0.4) is 0 Å². The van der Waals surface area contributed by atoms with E-state index in [1.54, 1.807) is 0 Å². The molecule has 7 nitrogen and oxygen atoms in total. The van der Waals surface area contributed by atoms with Gasteiger partial charge in [0, 0.05) is 13.2 Å². The molecule has 2 aromatic heterocycles. The van der Waals surface area contributed by atoms with Gasteiger partial charge in [-0.2, -0.15) is 0 Å². The minimum atomic E-state index is -0.563. The number of carbonyl (C=O) groups is 1. The van der Waals surface area contributed by atoms with Crippen LogP contribution in [0.25, 0.3) is 11.0 Å². The molecule has 1 amide bonds. The number of nitrogens with two attached hydrogens (primary N) is 1. The number of pyridine rings is 1. The molecule has 0 unspecified atom stereocenters. The van der Waals surface area contributed by atoms with E-state index in [9.17, 15) is 14.4 Å². The molecule has 0 atom stereocenters. The standard InChI is InChI=1S/C10H10N4O3/c1-14-8-7(9(16)13-10(14)17)5(2-3-12-8)4-6(11)15/h2-3H,4H2,1H3,(H2,11,15)(H,13,16,17). The SMILES string of the molecule is Cn1c(=O)[nH]c(=O)c2c(CC(N)=O)ccnc21. The number of fused-ring (bicyclic) bond motifs is 1. The number of hydrogen-bond donors (Lipinski definition) is 2. The fourth-order valence-electron chi connectivity index (χ4n) is 1.67. The summed E-state index contributed by atoms with van der Waals surface area (Å²) in [6.45, 7) is 0. The van der Waals surface area contributed by atoms with Crippen LogP contribution in [0.5, 0.6) is 0 Å². The van der Waals surface area contributed by atoms with Crippen LogP contribution in [0.4, 0.5) is 0 Å². The van der Waals surface area contributed by atoms with Gasteiger partial charge in [-0.15, -0.1) is 0 Å². The summed E-state index contributed by atoms with van der Waals surface area (Å²) in [6.07, 6.45) is 1.36. The average Bonchev–Trinajstić information content (AvgIpc) is 2.25. The molecular formula is C10H10N4O3. The highest BCUT2D eigenvalue weighted by molar-refractivity contribution is 5.85. The van der Waals surface area contributed by atoms with E-state index in [0.29, 0.717) is 5.56 Å². The lowest BCUT2D eigenvalue weighted by Gasteiger charge is -2.05. The molecule has 88 valence electrons. The Morgan fingerprint density at radius 1 is 1.53 bits per heavy atom. The Labute approximate surface area is 94.9 Å². The fraction of sp³-hybridized carbons (Fsp3) is 0.200. The molecule has 0 saturated carbocycles. The van der Waals surface area contributed by atoms with Gasteiger partial charge in [0.1, 0.15) is 5.65 Å². The fourth-order valence-corrected chi connectivity index (χ4v) is 1.67. The van der Waals surface area contributed by atoms with E-state index in [-0.39, 0.29) is 17.5 Å². The van der Waals surface area contributed by atoms with Gasteiger partial charge in [0.2, 0.25) is 5.91 Å². The summed E-state index contributed by atoms with van der Waals surface area (Å²) in [7, 11) is 1.49. The van der Waals surface area contributed by atoms with Crippen molar-refractivity contribution in [3.63, 3.8) is 0 Å². The Balaban J connectivity index is 2.90. The third kappa shape index (κ3) is 1.82. The molecule has 2 heterocycles. The normalized spacial score (nSPS) is 10.6. The third-order valence-electron chi connectivity index (χ3n) is 2.45. The van der Waals surface area contributed by atoms with Crippen LogP contribution >= 0.6 is 0 Å². The molecule has 0 aromatic carbocycles. The van der Waals surface area contributed by atoms with Crippen molar-refractivity contribution in [2.45, 2.75) is 6.42 Å². The van der Waals surface area contributed by atoms with Crippen molar-refractivity contribution in [2.24, 2.45) is 12.8 Å². The number of nitrogens with one attached hydrogen (secondary N) is 1. The van der Waals surface area contributed by atoms with Crippen LogP contribution in [0.1, 0.15) is 5.56 Å². The number of primary amides is 1. The summed E-state index contributed by atoms with van der Waals surface area (Å²) >= 11 is 0. The number of aryl methyl sites for hydroxylation is 1. The highest BCUT2D eigenvalue weighted by Crippen LogP contribution is 2.10. The van der Waals surface area contributed by atoms with Crippen LogP contribution in [-0.4, -0.2) is 20.4 Å². The van der Waals surface area contributed by atoms with Gasteiger partial charge in [-0.1, -0.05) is 0 Å². The Morgan fingerprint density at radius 2 is 2.24 bits per heavy atom. The van der Waals surface area contributed by atoms with Crippen molar-refractivity contribution >= 4 is 16.9 Å². The summed E-state index contributed by atoms with van der Waals surface area (Å²) in [4.78, 5) is 40.1. The second kappa shape index (κ2) is 3.85. The van der Waals surface area contributed by atoms with E-state index in [0.717, 1.165) is 0 Å². The monoisotopic (exact) mass is 234 g/mol. The number of hydrogen-bond acceptors (Lipinski definition) is 4. The number of rotatable bonds is 2. The first kappa shape index (κ1) is 11.1. The van der Waals surface area contributed by atoms with Gasteiger partial charge in [-0.3, -0.25) is 19.1 Å². The van der Waals surface area contributed by atoms with Gasteiger partial charge in [0.25, 0.3) is 5.56 Å². The first-order valence-electron chi connectivity index (χ1n) is 4.86. The van der Waals surface area contributed by atoms with Crippen LogP contribution in [0.15, 0.2) is 21.9 Å². The number of carbonyl (C=O) groups excluding carboxylic acids is 1. The van der Waals surface area contributed by atoms with Gasteiger partial charge < -0.3 is 5.73 Å².